The van der Waals surface area contributed by atoms with Crippen molar-refractivity contribution in [1.29, 1.82) is 0 Å². The Balaban J connectivity index is 2.20. The van der Waals surface area contributed by atoms with Gasteiger partial charge in [0.15, 0.2) is 0 Å². The van der Waals surface area contributed by atoms with E-state index in [0.29, 0.717) is 6.54 Å². The van der Waals surface area contributed by atoms with Crippen LogP contribution in [0.4, 0.5) is 0 Å². The van der Waals surface area contributed by atoms with Crippen LogP contribution in [0.25, 0.3) is 11.3 Å². The quantitative estimate of drug-likeness (QED) is 0.855. The van der Waals surface area contributed by atoms with Gasteiger partial charge in [0.05, 0.1) is 5.69 Å². The second-order valence-corrected chi connectivity index (χ2v) is 3.56. The molecular formula is C12H14N4O. The minimum absolute atomic E-state index is 0.0356. The average Bonchev–Trinajstić information content (AvgIpc) is 2.78. The Kier molecular flexibility index (Phi) is 3.49. The zero-order chi connectivity index (χ0) is 12.1. The molecule has 0 fully saturated rings. The Morgan fingerprint density at radius 3 is 2.76 bits per heavy atom. The van der Waals surface area contributed by atoms with Gasteiger partial charge in [0.25, 0.3) is 0 Å². The fourth-order valence-electron chi connectivity index (χ4n) is 1.62. The Morgan fingerprint density at radius 1 is 1.29 bits per heavy atom. The number of amides is 1. The van der Waals surface area contributed by atoms with Crippen molar-refractivity contribution in [2.45, 2.75) is 13.5 Å². The highest BCUT2D eigenvalue weighted by atomic mass is 16.2. The van der Waals surface area contributed by atoms with Gasteiger partial charge in [0.1, 0.15) is 6.54 Å². The molecule has 0 saturated heterocycles. The summed E-state index contributed by atoms with van der Waals surface area (Å²) in [4.78, 5) is 15.5. The number of nitrogens with one attached hydrogen (secondary N) is 1. The molecule has 0 unspecified atom stereocenters. The van der Waals surface area contributed by atoms with E-state index in [-0.39, 0.29) is 12.5 Å². The molecule has 0 spiro atoms. The van der Waals surface area contributed by atoms with Gasteiger partial charge < -0.3 is 5.32 Å². The van der Waals surface area contributed by atoms with E-state index in [0.717, 1.165) is 11.3 Å². The fraction of sp³-hybridized carbons (Fsp3) is 0.250. The van der Waals surface area contributed by atoms with Crippen molar-refractivity contribution < 1.29 is 4.79 Å². The SMILES string of the molecule is CCNC(=O)Cn1nccc1-c1ccncc1. The van der Waals surface area contributed by atoms with Crippen LogP contribution < -0.4 is 5.32 Å². The van der Waals surface area contributed by atoms with E-state index < -0.39 is 0 Å². The van der Waals surface area contributed by atoms with Gasteiger partial charge in [0.2, 0.25) is 5.91 Å². The topological polar surface area (TPSA) is 59.8 Å². The van der Waals surface area contributed by atoms with E-state index in [1.54, 1.807) is 23.3 Å². The first-order valence-electron chi connectivity index (χ1n) is 5.50. The number of likely N-dealkylation sites (N-methyl/N-ethyl adjacent to an activating group) is 1. The van der Waals surface area contributed by atoms with E-state index in [1.165, 1.54) is 0 Å². The van der Waals surface area contributed by atoms with Gasteiger partial charge in [-0.3, -0.25) is 14.5 Å². The third-order valence-corrected chi connectivity index (χ3v) is 2.36. The average molecular weight is 230 g/mol. The van der Waals surface area contributed by atoms with Crippen molar-refractivity contribution in [1.82, 2.24) is 20.1 Å². The number of carbonyl (C=O) groups is 1. The lowest BCUT2D eigenvalue weighted by Crippen LogP contribution is -2.27. The maximum atomic E-state index is 11.5. The van der Waals surface area contributed by atoms with Gasteiger partial charge in [0, 0.05) is 30.7 Å². The second kappa shape index (κ2) is 5.25. The summed E-state index contributed by atoms with van der Waals surface area (Å²) in [5.41, 5.74) is 1.92. The molecule has 0 saturated carbocycles. The number of carbonyl (C=O) groups excluding carboxylic acids is 1. The van der Waals surface area contributed by atoms with Gasteiger partial charge in [-0.05, 0) is 25.1 Å². The normalized spacial score (nSPS) is 10.2. The lowest BCUT2D eigenvalue weighted by molar-refractivity contribution is -0.121. The van der Waals surface area contributed by atoms with E-state index in [9.17, 15) is 4.79 Å². The molecule has 0 aliphatic rings. The summed E-state index contributed by atoms with van der Waals surface area (Å²) < 4.78 is 1.68. The molecular weight excluding hydrogens is 216 g/mol. The van der Waals surface area contributed by atoms with E-state index in [4.69, 9.17) is 0 Å². The van der Waals surface area contributed by atoms with Crippen LogP contribution in [-0.4, -0.2) is 27.2 Å². The summed E-state index contributed by atoms with van der Waals surface area (Å²) >= 11 is 0. The van der Waals surface area contributed by atoms with Gasteiger partial charge in [-0.15, -0.1) is 0 Å². The Bertz CT molecular complexity index is 492. The van der Waals surface area contributed by atoms with Gasteiger partial charge in [-0.1, -0.05) is 0 Å². The van der Waals surface area contributed by atoms with Crippen molar-refractivity contribution in [3.05, 3.63) is 36.8 Å². The Hall–Kier alpha value is -2.17. The molecule has 88 valence electrons. The molecule has 1 amide bonds. The largest absolute Gasteiger partial charge is 0.355 e. The second-order valence-electron chi connectivity index (χ2n) is 3.56. The van der Waals surface area contributed by atoms with Crippen LogP contribution in [0.15, 0.2) is 36.8 Å². The standard InChI is InChI=1S/C12H14N4O/c1-2-14-12(17)9-16-11(5-8-15-16)10-3-6-13-7-4-10/h3-8H,2,9H2,1H3,(H,14,17). The molecule has 0 aromatic carbocycles. The Labute approximate surface area is 99.5 Å². The van der Waals surface area contributed by atoms with Crippen molar-refractivity contribution in [3.8, 4) is 11.3 Å². The van der Waals surface area contributed by atoms with E-state index in [1.807, 2.05) is 25.1 Å². The number of rotatable bonds is 4. The van der Waals surface area contributed by atoms with Gasteiger partial charge in [-0.25, -0.2) is 0 Å². The minimum atomic E-state index is -0.0356. The highest BCUT2D eigenvalue weighted by molar-refractivity contribution is 5.76. The minimum Gasteiger partial charge on any atom is -0.355 e. The van der Waals surface area contributed by atoms with Crippen LogP contribution in [0.2, 0.25) is 0 Å². The third kappa shape index (κ3) is 2.69. The first kappa shape index (κ1) is 11.3. The molecule has 0 radical (unpaired) electrons. The smallest absolute Gasteiger partial charge is 0.241 e. The van der Waals surface area contributed by atoms with Crippen LogP contribution in [0.5, 0.6) is 0 Å². The van der Waals surface area contributed by atoms with Crippen molar-refractivity contribution in [2.24, 2.45) is 0 Å². The zero-order valence-electron chi connectivity index (χ0n) is 9.63. The predicted octanol–water partition coefficient (Wildman–Crippen LogP) is 1.08. The first-order chi connectivity index (χ1) is 8.31. The molecule has 1 N–H and O–H groups in total. The highest BCUT2D eigenvalue weighted by Gasteiger charge is 2.08. The van der Waals surface area contributed by atoms with Crippen LogP contribution in [0.3, 0.4) is 0 Å². The summed E-state index contributed by atoms with van der Waals surface area (Å²) in [5, 5.41) is 6.90. The number of hydrogen-bond acceptors (Lipinski definition) is 3. The number of hydrogen-bond donors (Lipinski definition) is 1. The molecule has 2 aromatic rings. The summed E-state index contributed by atoms with van der Waals surface area (Å²) in [5.74, 6) is -0.0356. The number of aromatic nitrogens is 3. The molecule has 0 aliphatic carbocycles. The number of pyridine rings is 1. The fourth-order valence-corrected chi connectivity index (χ4v) is 1.62. The molecule has 2 aromatic heterocycles. The molecule has 0 bridgehead atoms. The van der Waals surface area contributed by atoms with Crippen molar-refractivity contribution in [3.63, 3.8) is 0 Å². The summed E-state index contributed by atoms with van der Waals surface area (Å²) in [6.07, 6.45) is 5.13. The van der Waals surface area contributed by atoms with Gasteiger partial charge >= 0.3 is 0 Å². The molecule has 2 rings (SSSR count). The lowest BCUT2D eigenvalue weighted by Gasteiger charge is -2.07. The maximum absolute atomic E-state index is 11.5. The molecule has 5 nitrogen and oxygen atoms in total. The summed E-state index contributed by atoms with van der Waals surface area (Å²) in [6, 6.07) is 5.67. The molecule has 5 heteroatoms. The Morgan fingerprint density at radius 2 is 2.06 bits per heavy atom. The van der Waals surface area contributed by atoms with Crippen LogP contribution >= 0.6 is 0 Å². The maximum Gasteiger partial charge on any atom is 0.241 e. The van der Waals surface area contributed by atoms with E-state index in [2.05, 4.69) is 15.4 Å². The van der Waals surface area contributed by atoms with E-state index >= 15 is 0 Å². The zero-order valence-corrected chi connectivity index (χ0v) is 9.63. The predicted molar refractivity (Wildman–Crippen MR) is 64.1 cm³/mol. The molecule has 0 aliphatic heterocycles. The van der Waals surface area contributed by atoms with Crippen LogP contribution in [-0.2, 0) is 11.3 Å². The van der Waals surface area contributed by atoms with Crippen LogP contribution in [0, 0.1) is 0 Å². The van der Waals surface area contributed by atoms with Gasteiger partial charge in [-0.2, -0.15) is 5.10 Å². The van der Waals surface area contributed by atoms with Crippen LogP contribution in [0.1, 0.15) is 6.92 Å². The summed E-state index contributed by atoms with van der Waals surface area (Å²) in [7, 11) is 0. The highest BCUT2D eigenvalue weighted by Crippen LogP contribution is 2.17. The molecule has 2 heterocycles. The first-order valence-corrected chi connectivity index (χ1v) is 5.50. The van der Waals surface area contributed by atoms with Crippen molar-refractivity contribution in [2.75, 3.05) is 6.54 Å². The lowest BCUT2D eigenvalue weighted by atomic mass is 10.2. The molecule has 0 atom stereocenters. The monoisotopic (exact) mass is 230 g/mol. The summed E-state index contributed by atoms with van der Waals surface area (Å²) in [6.45, 7) is 2.76. The number of nitrogens with zero attached hydrogens (tertiary/aromatic N) is 3. The third-order valence-electron chi connectivity index (χ3n) is 2.36. The molecule has 17 heavy (non-hydrogen) atoms. The van der Waals surface area contributed by atoms with Crippen molar-refractivity contribution >= 4 is 5.91 Å².